The van der Waals surface area contributed by atoms with Gasteiger partial charge in [0.25, 0.3) is 0 Å². The van der Waals surface area contributed by atoms with Gasteiger partial charge < -0.3 is 10.4 Å². The first-order chi connectivity index (χ1) is 8.04. The molecule has 0 saturated carbocycles. The van der Waals surface area contributed by atoms with Gasteiger partial charge in [-0.05, 0) is 24.6 Å². The first-order valence-electron chi connectivity index (χ1n) is 5.49. The summed E-state index contributed by atoms with van der Waals surface area (Å²) in [6.07, 6.45) is 2.19. The summed E-state index contributed by atoms with van der Waals surface area (Å²) in [5.41, 5.74) is 0.219. The third kappa shape index (κ3) is 4.34. The number of hydrogen-bond donors (Lipinski definition) is 2. The van der Waals surface area contributed by atoms with Gasteiger partial charge in [0.1, 0.15) is 11.9 Å². The van der Waals surface area contributed by atoms with Crippen molar-refractivity contribution in [2.24, 2.45) is 0 Å². The van der Waals surface area contributed by atoms with Gasteiger partial charge >= 0.3 is 5.97 Å². The van der Waals surface area contributed by atoms with Crippen molar-refractivity contribution in [1.29, 1.82) is 0 Å². The molecular formula is C12H15BrFNO2. The zero-order valence-electron chi connectivity index (χ0n) is 9.54. The van der Waals surface area contributed by atoms with E-state index < -0.39 is 17.8 Å². The maximum Gasteiger partial charge on any atom is 0.326 e. The topological polar surface area (TPSA) is 49.3 Å². The van der Waals surface area contributed by atoms with Crippen molar-refractivity contribution < 1.29 is 14.3 Å². The zero-order valence-corrected chi connectivity index (χ0v) is 11.1. The van der Waals surface area contributed by atoms with E-state index in [4.69, 9.17) is 5.11 Å². The summed E-state index contributed by atoms with van der Waals surface area (Å²) in [6.45, 7) is 1.99. The van der Waals surface area contributed by atoms with E-state index in [1.807, 2.05) is 6.92 Å². The van der Waals surface area contributed by atoms with Gasteiger partial charge in [-0.3, -0.25) is 0 Å². The minimum Gasteiger partial charge on any atom is -0.480 e. The Morgan fingerprint density at radius 2 is 2.29 bits per heavy atom. The number of anilines is 1. The van der Waals surface area contributed by atoms with E-state index >= 15 is 0 Å². The first-order valence-corrected chi connectivity index (χ1v) is 6.28. The number of carboxylic acids is 1. The molecule has 0 saturated heterocycles. The van der Waals surface area contributed by atoms with Gasteiger partial charge in [0, 0.05) is 4.47 Å². The molecule has 1 aromatic rings. The summed E-state index contributed by atoms with van der Waals surface area (Å²) < 4.78 is 14.1. The van der Waals surface area contributed by atoms with Crippen LogP contribution in [0, 0.1) is 5.82 Å². The van der Waals surface area contributed by atoms with E-state index in [0.29, 0.717) is 10.9 Å². The number of carboxylic acid groups (broad SMARTS) is 1. The van der Waals surface area contributed by atoms with E-state index in [9.17, 15) is 9.18 Å². The lowest BCUT2D eigenvalue weighted by molar-refractivity contribution is -0.138. The third-order valence-electron chi connectivity index (χ3n) is 2.41. The normalized spacial score (nSPS) is 12.2. The molecule has 0 aromatic heterocycles. The van der Waals surface area contributed by atoms with Crippen LogP contribution in [-0.2, 0) is 4.79 Å². The SMILES string of the molecule is CCCCC(Nc1ccc(Br)cc1F)C(=O)O. The van der Waals surface area contributed by atoms with Crippen LogP contribution in [0.1, 0.15) is 26.2 Å². The molecule has 1 unspecified atom stereocenters. The van der Waals surface area contributed by atoms with Crippen molar-refractivity contribution in [1.82, 2.24) is 0 Å². The van der Waals surface area contributed by atoms with Crippen molar-refractivity contribution in [2.45, 2.75) is 32.2 Å². The Kier molecular flexibility index (Phi) is 5.41. The predicted octanol–water partition coefficient (Wildman–Crippen LogP) is 3.64. The van der Waals surface area contributed by atoms with Crippen LogP contribution in [0.15, 0.2) is 22.7 Å². The molecule has 0 radical (unpaired) electrons. The van der Waals surface area contributed by atoms with E-state index in [0.717, 1.165) is 12.8 Å². The molecule has 5 heteroatoms. The molecule has 0 bridgehead atoms. The number of carbonyl (C=O) groups is 1. The summed E-state index contributed by atoms with van der Waals surface area (Å²) in [5, 5.41) is 11.7. The molecule has 0 amide bonds. The lowest BCUT2D eigenvalue weighted by Crippen LogP contribution is -2.29. The lowest BCUT2D eigenvalue weighted by atomic mass is 10.1. The average Bonchev–Trinajstić information content (AvgIpc) is 2.26. The van der Waals surface area contributed by atoms with Gasteiger partial charge in [-0.15, -0.1) is 0 Å². The van der Waals surface area contributed by atoms with Crippen LogP contribution in [0.5, 0.6) is 0 Å². The van der Waals surface area contributed by atoms with E-state index in [1.54, 1.807) is 6.07 Å². The number of rotatable bonds is 6. The molecular weight excluding hydrogens is 289 g/mol. The van der Waals surface area contributed by atoms with E-state index in [2.05, 4.69) is 21.2 Å². The minimum absolute atomic E-state index is 0.219. The van der Waals surface area contributed by atoms with Gasteiger partial charge in [-0.2, -0.15) is 0 Å². The summed E-state index contributed by atoms with van der Waals surface area (Å²) >= 11 is 3.15. The molecule has 2 N–H and O–H groups in total. The fourth-order valence-electron chi connectivity index (χ4n) is 1.46. The predicted molar refractivity (Wildman–Crippen MR) is 68.7 cm³/mol. The van der Waals surface area contributed by atoms with Crippen molar-refractivity contribution in [3.63, 3.8) is 0 Å². The molecule has 0 spiro atoms. The van der Waals surface area contributed by atoms with Crippen LogP contribution in [-0.4, -0.2) is 17.1 Å². The van der Waals surface area contributed by atoms with Gasteiger partial charge in [0.15, 0.2) is 0 Å². The maximum absolute atomic E-state index is 13.5. The highest BCUT2D eigenvalue weighted by atomic mass is 79.9. The summed E-state index contributed by atoms with van der Waals surface area (Å²) in [5.74, 6) is -1.41. The molecule has 0 fully saturated rings. The minimum atomic E-state index is -0.958. The zero-order chi connectivity index (χ0) is 12.8. The van der Waals surface area contributed by atoms with Gasteiger partial charge in [0.2, 0.25) is 0 Å². The van der Waals surface area contributed by atoms with Crippen molar-refractivity contribution >= 4 is 27.6 Å². The number of benzene rings is 1. The number of aliphatic carboxylic acids is 1. The van der Waals surface area contributed by atoms with Gasteiger partial charge in [0.05, 0.1) is 5.69 Å². The number of nitrogens with one attached hydrogen (secondary N) is 1. The molecule has 1 rings (SSSR count). The second-order valence-electron chi connectivity index (χ2n) is 3.80. The lowest BCUT2D eigenvalue weighted by Gasteiger charge is -2.15. The Labute approximate surface area is 108 Å². The van der Waals surface area contributed by atoms with Crippen LogP contribution in [0.4, 0.5) is 10.1 Å². The monoisotopic (exact) mass is 303 g/mol. The van der Waals surface area contributed by atoms with E-state index in [-0.39, 0.29) is 5.69 Å². The third-order valence-corrected chi connectivity index (χ3v) is 2.90. The quantitative estimate of drug-likeness (QED) is 0.843. The second kappa shape index (κ2) is 6.59. The number of halogens is 2. The molecule has 1 atom stereocenters. The summed E-state index contributed by atoms with van der Waals surface area (Å²) in [7, 11) is 0. The number of unbranched alkanes of at least 4 members (excludes halogenated alkanes) is 1. The maximum atomic E-state index is 13.5. The number of hydrogen-bond acceptors (Lipinski definition) is 2. The fraction of sp³-hybridized carbons (Fsp3) is 0.417. The molecule has 0 heterocycles. The molecule has 0 aliphatic carbocycles. The standard InChI is InChI=1S/C12H15BrFNO2/c1-2-3-4-11(12(16)17)15-10-6-5-8(13)7-9(10)14/h5-7,11,15H,2-4H2,1H3,(H,16,17). The van der Waals surface area contributed by atoms with Crippen LogP contribution in [0.3, 0.4) is 0 Å². The Morgan fingerprint density at radius 3 is 2.82 bits per heavy atom. The summed E-state index contributed by atoms with van der Waals surface area (Å²) in [6, 6.07) is 3.76. The van der Waals surface area contributed by atoms with Gasteiger partial charge in [-0.25, -0.2) is 9.18 Å². The average molecular weight is 304 g/mol. The van der Waals surface area contributed by atoms with Crippen molar-refractivity contribution in [3.8, 4) is 0 Å². The van der Waals surface area contributed by atoms with Crippen LogP contribution in [0.25, 0.3) is 0 Å². The Bertz CT molecular complexity index is 398. The van der Waals surface area contributed by atoms with Crippen LogP contribution in [0.2, 0.25) is 0 Å². The molecule has 0 aliphatic heterocycles. The highest BCUT2D eigenvalue weighted by molar-refractivity contribution is 9.10. The highest BCUT2D eigenvalue weighted by Gasteiger charge is 2.17. The molecule has 1 aromatic carbocycles. The summed E-state index contributed by atoms with van der Waals surface area (Å²) in [4.78, 5) is 11.0. The first kappa shape index (κ1) is 14.0. The molecule has 3 nitrogen and oxygen atoms in total. The molecule has 0 aliphatic rings. The Balaban J connectivity index is 2.75. The second-order valence-corrected chi connectivity index (χ2v) is 4.72. The van der Waals surface area contributed by atoms with Crippen LogP contribution < -0.4 is 5.32 Å². The highest BCUT2D eigenvalue weighted by Crippen LogP contribution is 2.21. The smallest absolute Gasteiger partial charge is 0.326 e. The van der Waals surface area contributed by atoms with Crippen molar-refractivity contribution in [2.75, 3.05) is 5.32 Å². The van der Waals surface area contributed by atoms with Crippen molar-refractivity contribution in [3.05, 3.63) is 28.5 Å². The molecule has 17 heavy (non-hydrogen) atoms. The van der Waals surface area contributed by atoms with Crippen LogP contribution >= 0.6 is 15.9 Å². The fourth-order valence-corrected chi connectivity index (χ4v) is 1.79. The Morgan fingerprint density at radius 1 is 1.59 bits per heavy atom. The van der Waals surface area contributed by atoms with E-state index in [1.165, 1.54) is 12.1 Å². The van der Waals surface area contributed by atoms with Gasteiger partial charge in [-0.1, -0.05) is 35.7 Å². The molecule has 94 valence electrons. The Hall–Kier alpha value is -1.10. The largest absolute Gasteiger partial charge is 0.480 e.